The molecule has 0 amide bonds. The van der Waals surface area contributed by atoms with Crippen molar-refractivity contribution >= 4 is 5.78 Å². The fourth-order valence-electron chi connectivity index (χ4n) is 1.33. The number of ketones is 1. The number of carbonyl (C=O) groups is 1. The molecule has 0 aliphatic carbocycles. The Kier molecular flexibility index (Phi) is 3.54. The third-order valence-electron chi connectivity index (χ3n) is 2.10. The van der Waals surface area contributed by atoms with E-state index in [2.05, 4.69) is 0 Å². The number of carbonyl (C=O) groups excluding carboxylic acids is 1. The van der Waals surface area contributed by atoms with Crippen molar-refractivity contribution in [3.05, 3.63) is 35.4 Å². The molecule has 0 aromatic heterocycles. The van der Waals surface area contributed by atoms with Crippen LogP contribution < -0.4 is 0 Å². The van der Waals surface area contributed by atoms with Crippen LogP contribution in [0.3, 0.4) is 0 Å². The maximum absolute atomic E-state index is 13.0. The average molecular weight is 252 g/mol. The minimum absolute atomic E-state index is 0.138. The molecule has 0 radical (unpaired) electrons. The normalized spacial score (nSPS) is 12.6. The number of alkyl halides is 5. The first kappa shape index (κ1) is 13.6. The van der Waals surface area contributed by atoms with E-state index in [9.17, 15) is 26.7 Å². The average Bonchev–Trinajstić information content (AvgIpc) is 2.15. The molecular weight excluding hydrogens is 243 g/mol. The molecule has 0 saturated heterocycles. The molecule has 1 rings (SSSR count). The van der Waals surface area contributed by atoms with E-state index < -0.39 is 17.7 Å². The summed E-state index contributed by atoms with van der Waals surface area (Å²) in [4.78, 5) is 10.8. The van der Waals surface area contributed by atoms with Crippen molar-refractivity contribution < 1.29 is 26.7 Å². The van der Waals surface area contributed by atoms with Gasteiger partial charge in [0.15, 0.2) is 0 Å². The van der Waals surface area contributed by atoms with Gasteiger partial charge in [-0.1, -0.05) is 18.2 Å². The molecule has 1 nitrogen and oxygen atoms in total. The zero-order chi connectivity index (χ0) is 13.3. The molecule has 0 fully saturated rings. The molecule has 0 atom stereocenters. The lowest BCUT2D eigenvalue weighted by atomic mass is 10.0. The largest absolute Gasteiger partial charge is 0.458 e. The summed E-state index contributed by atoms with van der Waals surface area (Å²) >= 11 is 0. The van der Waals surface area contributed by atoms with Gasteiger partial charge >= 0.3 is 12.1 Å². The summed E-state index contributed by atoms with van der Waals surface area (Å²) in [5.74, 6) is -5.21. The van der Waals surface area contributed by atoms with Crippen LogP contribution in [0.1, 0.15) is 18.1 Å². The van der Waals surface area contributed by atoms with Crippen LogP contribution in [-0.2, 0) is 17.1 Å². The topological polar surface area (TPSA) is 17.1 Å². The molecule has 6 heteroatoms. The van der Waals surface area contributed by atoms with Crippen molar-refractivity contribution in [2.75, 3.05) is 0 Å². The highest BCUT2D eigenvalue weighted by atomic mass is 19.4. The minimum Gasteiger partial charge on any atom is -0.300 e. The Morgan fingerprint density at radius 2 is 1.76 bits per heavy atom. The Bertz CT molecular complexity index is 422. The summed E-state index contributed by atoms with van der Waals surface area (Å²) in [7, 11) is 0. The predicted molar refractivity (Wildman–Crippen MR) is 50.8 cm³/mol. The smallest absolute Gasteiger partial charge is 0.300 e. The van der Waals surface area contributed by atoms with Crippen molar-refractivity contribution in [3.8, 4) is 0 Å². The summed E-state index contributed by atoms with van der Waals surface area (Å²) < 4.78 is 62.2. The first-order valence-corrected chi connectivity index (χ1v) is 4.68. The number of hydrogen-bond acceptors (Lipinski definition) is 1. The van der Waals surface area contributed by atoms with E-state index in [1.54, 1.807) is 0 Å². The predicted octanol–water partition coefficient (Wildman–Crippen LogP) is 3.47. The Morgan fingerprint density at radius 1 is 1.18 bits per heavy atom. The van der Waals surface area contributed by atoms with Crippen LogP contribution in [0, 0.1) is 0 Å². The number of benzene rings is 1. The number of rotatable bonds is 3. The van der Waals surface area contributed by atoms with Crippen molar-refractivity contribution in [1.82, 2.24) is 0 Å². The SMILES string of the molecule is CC(=O)Cc1cccc(C(F)(F)C(F)(F)F)c1. The van der Waals surface area contributed by atoms with E-state index in [0.717, 1.165) is 6.07 Å². The van der Waals surface area contributed by atoms with Gasteiger partial charge in [0.25, 0.3) is 0 Å². The second-order valence-corrected chi connectivity index (χ2v) is 3.65. The van der Waals surface area contributed by atoms with Gasteiger partial charge in [0.2, 0.25) is 0 Å². The number of halogens is 5. The quantitative estimate of drug-likeness (QED) is 0.753. The summed E-state index contributed by atoms with van der Waals surface area (Å²) in [5, 5.41) is 0. The van der Waals surface area contributed by atoms with Crippen LogP contribution in [0.5, 0.6) is 0 Å². The van der Waals surface area contributed by atoms with E-state index in [-0.39, 0.29) is 17.8 Å². The van der Waals surface area contributed by atoms with Gasteiger partial charge in [-0.3, -0.25) is 4.79 Å². The Balaban J connectivity index is 3.11. The molecule has 94 valence electrons. The lowest BCUT2D eigenvalue weighted by molar-refractivity contribution is -0.289. The van der Waals surface area contributed by atoms with Gasteiger partial charge < -0.3 is 0 Å². The highest BCUT2D eigenvalue weighted by Crippen LogP contribution is 2.43. The maximum atomic E-state index is 13.0. The molecule has 17 heavy (non-hydrogen) atoms. The second kappa shape index (κ2) is 4.43. The third kappa shape index (κ3) is 3.01. The van der Waals surface area contributed by atoms with Gasteiger partial charge in [-0.05, 0) is 18.6 Å². The minimum atomic E-state index is -5.64. The first-order chi connectivity index (χ1) is 7.64. The van der Waals surface area contributed by atoms with Crippen molar-refractivity contribution in [2.24, 2.45) is 0 Å². The van der Waals surface area contributed by atoms with Gasteiger partial charge in [0.05, 0.1) is 0 Å². The fourth-order valence-corrected chi connectivity index (χ4v) is 1.33. The first-order valence-electron chi connectivity index (χ1n) is 4.68. The van der Waals surface area contributed by atoms with E-state index in [1.165, 1.54) is 13.0 Å². The molecule has 0 saturated carbocycles. The molecule has 1 aromatic carbocycles. The third-order valence-corrected chi connectivity index (χ3v) is 2.10. The van der Waals surface area contributed by atoms with Gasteiger partial charge in [0, 0.05) is 12.0 Å². The molecule has 1 aromatic rings. The Morgan fingerprint density at radius 3 is 2.24 bits per heavy atom. The maximum Gasteiger partial charge on any atom is 0.458 e. The molecule has 0 spiro atoms. The van der Waals surface area contributed by atoms with Gasteiger partial charge in [0.1, 0.15) is 5.78 Å². The second-order valence-electron chi connectivity index (χ2n) is 3.65. The van der Waals surface area contributed by atoms with E-state index in [1.807, 2.05) is 0 Å². The highest BCUT2D eigenvalue weighted by molar-refractivity contribution is 5.78. The lowest BCUT2D eigenvalue weighted by Gasteiger charge is -2.20. The van der Waals surface area contributed by atoms with Gasteiger partial charge in [-0.15, -0.1) is 0 Å². The standard InChI is InChI=1S/C11H9F5O/c1-7(17)5-8-3-2-4-9(6-8)10(12,13)11(14,15)16/h2-4,6H,5H2,1H3. The number of Topliss-reactive ketones (excluding diaryl/α,β-unsaturated/α-hetero) is 1. The zero-order valence-corrected chi connectivity index (χ0v) is 8.81. The molecule has 0 aliphatic rings. The number of hydrogen-bond donors (Lipinski definition) is 0. The molecule has 0 bridgehead atoms. The highest BCUT2D eigenvalue weighted by Gasteiger charge is 2.58. The van der Waals surface area contributed by atoms with Crippen molar-refractivity contribution in [3.63, 3.8) is 0 Å². The van der Waals surface area contributed by atoms with Crippen molar-refractivity contribution in [2.45, 2.75) is 25.4 Å². The molecule has 0 unspecified atom stereocenters. The zero-order valence-electron chi connectivity index (χ0n) is 8.81. The Labute approximate surface area is 94.2 Å². The van der Waals surface area contributed by atoms with E-state index in [4.69, 9.17) is 0 Å². The van der Waals surface area contributed by atoms with E-state index >= 15 is 0 Å². The summed E-state index contributed by atoms with van der Waals surface area (Å²) in [5.41, 5.74) is -1.01. The molecule has 0 aliphatic heterocycles. The van der Waals surface area contributed by atoms with Gasteiger partial charge in [-0.25, -0.2) is 0 Å². The fraction of sp³-hybridized carbons (Fsp3) is 0.364. The molecular formula is C11H9F5O. The van der Waals surface area contributed by atoms with Crippen LogP contribution in [0.2, 0.25) is 0 Å². The van der Waals surface area contributed by atoms with Crippen LogP contribution in [0.15, 0.2) is 24.3 Å². The summed E-state index contributed by atoms with van der Waals surface area (Å²) in [6, 6.07) is 3.80. The monoisotopic (exact) mass is 252 g/mol. The Hall–Kier alpha value is -1.46. The lowest BCUT2D eigenvalue weighted by Crippen LogP contribution is -2.33. The van der Waals surface area contributed by atoms with E-state index in [0.29, 0.717) is 12.1 Å². The molecule has 0 heterocycles. The molecule has 0 N–H and O–H groups in total. The van der Waals surface area contributed by atoms with Crippen LogP contribution >= 0.6 is 0 Å². The van der Waals surface area contributed by atoms with Gasteiger partial charge in [-0.2, -0.15) is 22.0 Å². The van der Waals surface area contributed by atoms with Crippen LogP contribution in [-0.4, -0.2) is 12.0 Å². The van der Waals surface area contributed by atoms with Crippen LogP contribution in [0.25, 0.3) is 0 Å². The summed E-state index contributed by atoms with van der Waals surface area (Å²) in [6.07, 6.45) is -5.80. The van der Waals surface area contributed by atoms with Crippen molar-refractivity contribution in [1.29, 1.82) is 0 Å². The summed E-state index contributed by atoms with van der Waals surface area (Å²) in [6.45, 7) is 1.23. The van der Waals surface area contributed by atoms with Crippen LogP contribution in [0.4, 0.5) is 22.0 Å².